The van der Waals surface area contributed by atoms with Gasteiger partial charge in [0.1, 0.15) is 0 Å². The Bertz CT molecular complexity index is 441. The van der Waals surface area contributed by atoms with Crippen LogP contribution < -0.4 is 0 Å². The van der Waals surface area contributed by atoms with Crippen LogP contribution >= 0.6 is 0 Å². The second-order valence-corrected chi connectivity index (χ2v) is 7.39. The standard InChI is InChI=1S/C16H23NO2S/c18-20(16-4-2-1-3-5-16)11-9-17(15-6-7-15)12-14-8-10-19-13-14/h1-5,14-15H,6-13H2/t14-,20-/m1/s1. The van der Waals surface area contributed by atoms with Crippen molar-refractivity contribution in [3.8, 4) is 0 Å². The van der Waals surface area contributed by atoms with E-state index in [0.29, 0.717) is 5.92 Å². The molecule has 0 unspecified atom stereocenters. The minimum absolute atomic E-state index is 0.681. The number of benzene rings is 1. The first-order chi connectivity index (χ1) is 9.83. The van der Waals surface area contributed by atoms with E-state index in [1.165, 1.54) is 19.3 Å². The van der Waals surface area contributed by atoms with Crippen LogP contribution in [0.5, 0.6) is 0 Å². The highest BCUT2D eigenvalue weighted by Gasteiger charge is 2.31. The molecular formula is C16H23NO2S. The first-order valence-electron chi connectivity index (χ1n) is 7.58. The van der Waals surface area contributed by atoms with E-state index >= 15 is 0 Å². The van der Waals surface area contributed by atoms with Crippen molar-refractivity contribution >= 4 is 10.8 Å². The van der Waals surface area contributed by atoms with Crippen molar-refractivity contribution in [3.05, 3.63) is 30.3 Å². The zero-order valence-corrected chi connectivity index (χ0v) is 12.7. The first-order valence-corrected chi connectivity index (χ1v) is 8.90. The Kier molecular flexibility index (Phi) is 4.86. The van der Waals surface area contributed by atoms with Crippen LogP contribution in [0.3, 0.4) is 0 Å². The number of ether oxygens (including phenoxy) is 1. The van der Waals surface area contributed by atoms with Crippen molar-refractivity contribution in [2.24, 2.45) is 5.92 Å². The fourth-order valence-corrected chi connectivity index (χ4v) is 3.91. The van der Waals surface area contributed by atoms with E-state index in [4.69, 9.17) is 4.74 Å². The van der Waals surface area contributed by atoms with Gasteiger partial charge in [-0.05, 0) is 37.3 Å². The third-order valence-corrected chi connectivity index (χ3v) is 5.50. The fourth-order valence-electron chi connectivity index (χ4n) is 2.81. The van der Waals surface area contributed by atoms with E-state index < -0.39 is 10.8 Å². The van der Waals surface area contributed by atoms with Crippen molar-refractivity contribution in [2.45, 2.75) is 30.2 Å². The molecule has 3 rings (SSSR count). The molecular weight excluding hydrogens is 270 g/mol. The molecule has 1 aliphatic carbocycles. The lowest BCUT2D eigenvalue weighted by Gasteiger charge is -2.24. The summed E-state index contributed by atoms with van der Waals surface area (Å²) in [6.07, 6.45) is 3.81. The molecule has 0 spiro atoms. The lowest BCUT2D eigenvalue weighted by molar-refractivity contribution is 0.167. The third-order valence-electron chi connectivity index (χ3n) is 4.15. The van der Waals surface area contributed by atoms with Crippen LogP contribution in [0.25, 0.3) is 0 Å². The number of rotatable bonds is 7. The minimum Gasteiger partial charge on any atom is -0.381 e. The molecule has 0 aromatic heterocycles. The summed E-state index contributed by atoms with van der Waals surface area (Å²) in [5.74, 6) is 1.43. The van der Waals surface area contributed by atoms with Crippen LogP contribution in [-0.2, 0) is 15.5 Å². The van der Waals surface area contributed by atoms with Crippen molar-refractivity contribution in [3.63, 3.8) is 0 Å². The lowest BCUT2D eigenvalue weighted by Crippen LogP contribution is -2.35. The molecule has 3 nitrogen and oxygen atoms in total. The summed E-state index contributed by atoms with van der Waals surface area (Å²) in [5.41, 5.74) is 0. The smallest absolute Gasteiger partial charge is 0.0542 e. The predicted octanol–water partition coefficient (Wildman–Crippen LogP) is 2.30. The Morgan fingerprint density at radius 2 is 2.00 bits per heavy atom. The van der Waals surface area contributed by atoms with E-state index in [1.54, 1.807) is 0 Å². The molecule has 1 aromatic carbocycles. The normalized spacial score (nSPS) is 24.1. The van der Waals surface area contributed by atoms with Gasteiger partial charge in [-0.1, -0.05) is 18.2 Å². The van der Waals surface area contributed by atoms with Gasteiger partial charge in [0.15, 0.2) is 0 Å². The first kappa shape index (κ1) is 14.2. The molecule has 0 bridgehead atoms. The Balaban J connectivity index is 1.50. The van der Waals surface area contributed by atoms with Crippen LogP contribution in [0.2, 0.25) is 0 Å². The van der Waals surface area contributed by atoms with Crippen molar-refractivity contribution in [1.29, 1.82) is 0 Å². The highest BCUT2D eigenvalue weighted by Crippen LogP contribution is 2.28. The van der Waals surface area contributed by atoms with Gasteiger partial charge >= 0.3 is 0 Å². The monoisotopic (exact) mass is 293 g/mol. The molecule has 0 radical (unpaired) electrons. The SMILES string of the molecule is O=[S@](CCN(C[C@H]1CCOC1)C1CC1)c1ccccc1. The molecule has 1 aromatic rings. The second kappa shape index (κ2) is 6.83. The summed E-state index contributed by atoms with van der Waals surface area (Å²) in [7, 11) is -0.869. The Labute approximate surface area is 123 Å². The predicted molar refractivity (Wildman–Crippen MR) is 81.2 cm³/mol. The third kappa shape index (κ3) is 3.90. The molecule has 0 amide bonds. The largest absolute Gasteiger partial charge is 0.381 e. The maximum atomic E-state index is 12.3. The van der Waals surface area contributed by atoms with Gasteiger partial charge in [0.25, 0.3) is 0 Å². The minimum atomic E-state index is -0.869. The molecule has 20 heavy (non-hydrogen) atoms. The van der Waals surface area contributed by atoms with Crippen molar-refractivity contribution in [2.75, 3.05) is 32.1 Å². The average Bonchev–Trinajstić information content (AvgIpc) is 3.21. The van der Waals surface area contributed by atoms with Crippen LogP contribution in [-0.4, -0.2) is 47.2 Å². The molecule has 4 heteroatoms. The van der Waals surface area contributed by atoms with Gasteiger partial charge in [-0.2, -0.15) is 0 Å². The topological polar surface area (TPSA) is 29.5 Å². The van der Waals surface area contributed by atoms with Crippen LogP contribution in [0.4, 0.5) is 0 Å². The Hall–Kier alpha value is -0.710. The van der Waals surface area contributed by atoms with E-state index in [-0.39, 0.29) is 0 Å². The molecule has 110 valence electrons. The maximum absolute atomic E-state index is 12.3. The maximum Gasteiger partial charge on any atom is 0.0542 e. The number of hydrogen-bond acceptors (Lipinski definition) is 3. The van der Waals surface area contributed by atoms with E-state index in [1.807, 2.05) is 30.3 Å². The van der Waals surface area contributed by atoms with Crippen LogP contribution in [0.15, 0.2) is 35.2 Å². The molecule has 1 saturated heterocycles. The second-order valence-electron chi connectivity index (χ2n) is 5.82. The van der Waals surface area contributed by atoms with Gasteiger partial charge in [-0.3, -0.25) is 9.11 Å². The van der Waals surface area contributed by atoms with E-state index in [9.17, 15) is 4.21 Å². The number of hydrogen-bond donors (Lipinski definition) is 0. The summed E-state index contributed by atoms with van der Waals surface area (Å²) in [4.78, 5) is 3.49. The highest BCUT2D eigenvalue weighted by molar-refractivity contribution is 7.85. The average molecular weight is 293 g/mol. The Morgan fingerprint density at radius 3 is 2.65 bits per heavy atom. The number of nitrogens with zero attached hydrogens (tertiary/aromatic N) is 1. The molecule has 2 aliphatic rings. The van der Waals surface area contributed by atoms with Gasteiger partial charge in [0, 0.05) is 36.4 Å². The summed E-state index contributed by atoms with van der Waals surface area (Å²) < 4.78 is 17.8. The molecule has 1 aliphatic heterocycles. The van der Waals surface area contributed by atoms with Gasteiger partial charge < -0.3 is 4.74 Å². The summed E-state index contributed by atoms with van der Waals surface area (Å²) in [6, 6.07) is 10.6. The van der Waals surface area contributed by atoms with Crippen LogP contribution in [0, 0.1) is 5.92 Å². The molecule has 2 atom stereocenters. The van der Waals surface area contributed by atoms with Gasteiger partial charge in [0.2, 0.25) is 0 Å². The fraction of sp³-hybridized carbons (Fsp3) is 0.625. The quantitative estimate of drug-likeness (QED) is 0.772. The zero-order chi connectivity index (χ0) is 13.8. The molecule has 2 fully saturated rings. The lowest BCUT2D eigenvalue weighted by atomic mass is 10.1. The van der Waals surface area contributed by atoms with Crippen LogP contribution in [0.1, 0.15) is 19.3 Å². The van der Waals surface area contributed by atoms with Gasteiger partial charge in [0.05, 0.1) is 17.4 Å². The molecule has 1 saturated carbocycles. The van der Waals surface area contributed by atoms with E-state index in [2.05, 4.69) is 4.90 Å². The van der Waals surface area contributed by atoms with Crippen molar-refractivity contribution < 1.29 is 8.95 Å². The van der Waals surface area contributed by atoms with E-state index in [0.717, 1.165) is 43.0 Å². The summed E-state index contributed by atoms with van der Waals surface area (Å²) in [6.45, 7) is 3.89. The Morgan fingerprint density at radius 1 is 1.20 bits per heavy atom. The summed E-state index contributed by atoms with van der Waals surface area (Å²) in [5, 5.41) is 0. The van der Waals surface area contributed by atoms with Crippen molar-refractivity contribution in [1.82, 2.24) is 4.90 Å². The molecule has 1 heterocycles. The highest BCUT2D eigenvalue weighted by atomic mass is 32.2. The zero-order valence-electron chi connectivity index (χ0n) is 11.9. The molecule has 0 N–H and O–H groups in total. The van der Waals surface area contributed by atoms with Gasteiger partial charge in [-0.15, -0.1) is 0 Å². The van der Waals surface area contributed by atoms with Gasteiger partial charge in [-0.25, -0.2) is 0 Å². The summed E-state index contributed by atoms with van der Waals surface area (Å²) >= 11 is 0.